The SMILES string of the molecule is COC(=O)CCc1ccc(O)cc1.COC(=O)CCc1ccc(OCCSCCOC(c2ccc(Cl)cc2)c2ccc(Cl)cc2)cc1.OCCSCCOC(c1ccc(Cl)cc1)c1ccc(Cl)cc1. The van der Waals surface area contributed by atoms with Gasteiger partial charge >= 0.3 is 11.9 Å². The third-order valence-corrected chi connectivity index (χ3v) is 12.8. The molecule has 0 atom stereocenters. The van der Waals surface area contributed by atoms with Crippen LogP contribution in [0.1, 0.15) is 58.4 Å². The molecule has 6 aromatic carbocycles. The summed E-state index contributed by atoms with van der Waals surface area (Å²) in [6, 6.07) is 45.4. The highest BCUT2D eigenvalue weighted by Gasteiger charge is 2.16. The fourth-order valence-corrected chi connectivity index (χ4v) is 8.04. The molecule has 0 aliphatic heterocycles. The first-order valence-electron chi connectivity index (χ1n) is 22.1. The molecule has 0 saturated heterocycles. The molecule has 15 heteroatoms. The summed E-state index contributed by atoms with van der Waals surface area (Å²) in [4.78, 5) is 22.0. The molecule has 0 aromatic heterocycles. The molecule has 2 N–H and O–H groups in total. The van der Waals surface area contributed by atoms with Gasteiger partial charge in [-0.3, -0.25) is 9.59 Å². The number of rotatable bonds is 24. The molecule has 0 unspecified atom stereocenters. The zero-order valence-corrected chi connectivity index (χ0v) is 43.2. The number of hydrogen-bond donors (Lipinski definition) is 2. The second-order valence-electron chi connectivity index (χ2n) is 15.0. The van der Waals surface area contributed by atoms with Crippen molar-refractivity contribution in [2.24, 2.45) is 0 Å². The summed E-state index contributed by atoms with van der Waals surface area (Å²) in [6.45, 7) is 2.03. The number of benzene rings is 6. The third kappa shape index (κ3) is 22.9. The lowest BCUT2D eigenvalue weighted by Gasteiger charge is -2.19. The minimum absolute atomic E-state index is 0.149. The second kappa shape index (κ2) is 33.2. The average molecular weight is 1060 g/mol. The predicted octanol–water partition coefficient (Wildman–Crippen LogP) is 13.3. The maximum absolute atomic E-state index is 11.2. The topological polar surface area (TPSA) is 121 Å². The molecule has 0 aliphatic carbocycles. The minimum Gasteiger partial charge on any atom is -0.508 e. The van der Waals surface area contributed by atoms with Crippen molar-refractivity contribution in [1.82, 2.24) is 0 Å². The number of carbonyl (C=O) groups excluding carboxylic acids is 2. The molecule has 368 valence electrons. The number of aliphatic hydroxyl groups is 1. The minimum atomic E-state index is -0.215. The van der Waals surface area contributed by atoms with Crippen LogP contribution in [0.25, 0.3) is 0 Å². The van der Waals surface area contributed by atoms with E-state index in [0.717, 1.165) is 62.1 Å². The van der Waals surface area contributed by atoms with Crippen molar-refractivity contribution in [3.8, 4) is 11.5 Å². The molecule has 69 heavy (non-hydrogen) atoms. The van der Waals surface area contributed by atoms with Gasteiger partial charge < -0.3 is 33.9 Å². The third-order valence-electron chi connectivity index (χ3n) is 10.00. The van der Waals surface area contributed by atoms with Gasteiger partial charge in [0.1, 0.15) is 23.7 Å². The van der Waals surface area contributed by atoms with Crippen molar-refractivity contribution in [2.45, 2.75) is 37.9 Å². The summed E-state index contributed by atoms with van der Waals surface area (Å²) >= 11 is 27.5. The molecule has 9 nitrogen and oxygen atoms in total. The van der Waals surface area contributed by atoms with Gasteiger partial charge in [0.25, 0.3) is 0 Å². The Kier molecular flexibility index (Phi) is 27.5. The van der Waals surface area contributed by atoms with E-state index in [1.54, 1.807) is 47.8 Å². The number of aliphatic hydroxyl groups excluding tert-OH is 1. The van der Waals surface area contributed by atoms with E-state index >= 15 is 0 Å². The van der Waals surface area contributed by atoms with Gasteiger partial charge in [-0.2, -0.15) is 23.5 Å². The number of aromatic hydroxyl groups is 1. The monoisotopic (exact) mass is 1050 g/mol. The van der Waals surface area contributed by atoms with Crippen molar-refractivity contribution in [1.29, 1.82) is 0 Å². The van der Waals surface area contributed by atoms with Crippen molar-refractivity contribution in [2.75, 3.05) is 63.7 Å². The first-order chi connectivity index (χ1) is 33.5. The zero-order chi connectivity index (χ0) is 49.6. The number of thioether (sulfide) groups is 2. The van der Waals surface area contributed by atoms with Crippen molar-refractivity contribution in [3.05, 3.63) is 199 Å². The number of hydrogen-bond acceptors (Lipinski definition) is 11. The first kappa shape index (κ1) is 57.2. The Morgan fingerprint density at radius 2 is 0.812 bits per heavy atom. The lowest BCUT2D eigenvalue weighted by molar-refractivity contribution is -0.141. The largest absolute Gasteiger partial charge is 0.508 e. The Hall–Kier alpha value is -4.40. The first-order valence-corrected chi connectivity index (χ1v) is 25.9. The Morgan fingerprint density at radius 3 is 1.16 bits per heavy atom. The number of carbonyl (C=O) groups is 2. The molecule has 0 saturated carbocycles. The Balaban J connectivity index is 0.000000252. The number of esters is 2. The van der Waals surface area contributed by atoms with Gasteiger partial charge in [0.15, 0.2) is 0 Å². The van der Waals surface area contributed by atoms with Crippen LogP contribution < -0.4 is 4.74 Å². The normalized spacial score (nSPS) is 10.7. The van der Waals surface area contributed by atoms with Crippen LogP contribution in [0.5, 0.6) is 11.5 Å². The Labute approximate surface area is 434 Å². The van der Waals surface area contributed by atoms with E-state index in [0.29, 0.717) is 65.6 Å². The summed E-state index contributed by atoms with van der Waals surface area (Å²) in [5.41, 5.74) is 6.31. The number of aryl methyl sites for hydroxylation is 2. The summed E-state index contributed by atoms with van der Waals surface area (Å²) in [5.74, 6) is 3.94. The summed E-state index contributed by atoms with van der Waals surface area (Å²) in [7, 11) is 2.78. The summed E-state index contributed by atoms with van der Waals surface area (Å²) in [6.07, 6.45) is 1.74. The molecule has 0 aliphatic rings. The molecule has 0 fully saturated rings. The van der Waals surface area contributed by atoms with Gasteiger partial charge in [-0.25, -0.2) is 0 Å². The van der Waals surface area contributed by atoms with E-state index in [1.807, 2.05) is 121 Å². The number of methoxy groups -OCH3 is 2. The molecule has 0 spiro atoms. The second-order valence-corrected chi connectivity index (χ2v) is 19.2. The van der Waals surface area contributed by atoms with E-state index in [9.17, 15) is 9.59 Å². The van der Waals surface area contributed by atoms with Crippen LogP contribution in [0.3, 0.4) is 0 Å². The van der Waals surface area contributed by atoms with Crippen LogP contribution in [-0.4, -0.2) is 85.8 Å². The van der Waals surface area contributed by atoms with Gasteiger partial charge in [-0.05, 0) is 119 Å². The van der Waals surface area contributed by atoms with Gasteiger partial charge in [0.05, 0.1) is 40.6 Å². The molecule has 6 rings (SSSR count). The lowest BCUT2D eigenvalue weighted by Crippen LogP contribution is -2.09. The van der Waals surface area contributed by atoms with E-state index < -0.39 is 0 Å². The maximum Gasteiger partial charge on any atom is 0.305 e. The van der Waals surface area contributed by atoms with Gasteiger partial charge in [-0.15, -0.1) is 0 Å². The van der Waals surface area contributed by atoms with Crippen LogP contribution in [0.4, 0.5) is 0 Å². The van der Waals surface area contributed by atoms with Crippen LogP contribution in [0, 0.1) is 0 Å². The van der Waals surface area contributed by atoms with E-state index in [2.05, 4.69) is 9.47 Å². The van der Waals surface area contributed by atoms with Crippen LogP contribution in [0.2, 0.25) is 20.1 Å². The van der Waals surface area contributed by atoms with E-state index in [-0.39, 0.29) is 36.5 Å². The zero-order valence-electron chi connectivity index (χ0n) is 38.6. The smallest absolute Gasteiger partial charge is 0.305 e. The lowest BCUT2D eigenvalue weighted by atomic mass is 10.0. The molecular formula is C54H58Cl4O9S2. The summed E-state index contributed by atoms with van der Waals surface area (Å²) < 4.78 is 27.3. The van der Waals surface area contributed by atoms with Crippen molar-refractivity contribution in [3.63, 3.8) is 0 Å². The van der Waals surface area contributed by atoms with E-state index in [4.69, 9.17) is 70.8 Å². The van der Waals surface area contributed by atoms with Gasteiger partial charge in [-0.1, -0.05) is 119 Å². The highest BCUT2D eigenvalue weighted by molar-refractivity contribution is 7.99. The highest BCUT2D eigenvalue weighted by atomic mass is 35.5. The maximum atomic E-state index is 11.2. The van der Waals surface area contributed by atoms with Crippen molar-refractivity contribution < 1.29 is 43.5 Å². The van der Waals surface area contributed by atoms with Gasteiger partial charge in [0, 0.05) is 55.9 Å². The molecule has 0 radical (unpaired) electrons. The van der Waals surface area contributed by atoms with Crippen LogP contribution in [-0.2, 0) is 41.4 Å². The Morgan fingerprint density at radius 1 is 0.478 bits per heavy atom. The number of phenolic OH excluding ortho intramolecular Hbond substituents is 1. The molecule has 0 amide bonds. The quantitative estimate of drug-likeness (QED) is 0.0445. The number of halogens is 4. The molecular weight excluding hydrogens is 999 g/mol. The fraction of sp³-hybridized carbons (Fsp3) is 0.296. The summed E-state index contributed by atoms with van der Waals surface area (Å²) in [5, 5.41) is 20.6. The number of ether oxygens (including phenoxy) is 5. The molecule has 0 bridgehead atoms. The van der Waals surface area contributed by atoms with E-state index in [1.165, 1.54) is 14.2 Å². The van der Waals surface area contributed by atoms with Gasteiger partial charge in [0.2, 0.25) is 0 Å². The fourth-order valence-electron chi connectivity index (χ4n) is 6.37. The van der Waals surface area contributed by atoms with Crippen molar-refractivity contribution >= 4 is 81.9 Å². The molecule has 6 aromatic rings. The molecule has 0 heterocycles. The standard InChI is InChI=1S/C27H28Cl2O4S.C17H18Cl2O2S.C10H12O3/c1-31-26(30)15-4-20-2-13-25(14-3-20)32-16-18-34-19-17-33-27(21-5-9-23(28)10-6-21)22-7-11-24(29)12-8-22;18-15-5-1-13(2-6-15)17(21-10-12-22-11-9-20)14-3-7-16(19)8-4-14;1-13-10(12)7-4-8-2-5-9(11)6-3-8/h2-3,5-14,27H,4,15-19H2,1H3;1-8,17,20H,9-12H2;2-3,5-6,11H,4,7H2,1H3. The average Bonchev–Trinajstić information content (AvgIpc) is 3.37. The van der Waals surface area contributed by atoms with Crippen LogP contribution >= 0.6 is 69.9 Å². The Bertz CT molecular complexity index is 2250. The highest BCUT2D eigenvalue weighted by Crippen LogP contribution is 2.30. The number of phenols is 1. The predicted molar refractivity (Wildman–Crippen MR) is 284 cm³/mol. The van der Waals surface area contributed by atoms with Crippen LogP contribution in [0.15, 0.2) is 146 Å².